The zero-order valence-corrected chi connectivity index (χ0v) is 12.6. The molecule has 0 fully saturated rings. The van der Waals surface area contributed by atoms with Gasteiger partial charge in [-0.05, 0) is 19.4 Å². The van der Waals surface area contributed by atoms with E-state index in [1.54, 1.807) is 31.2 Å². The average molecular weight is 300 g/mol. The van der Waals surface area contributed by atoms with Gasteiger partial charge in [0.15, 0.2) is 5.57 Å². The lowest BCUT2D eigenvalue weighted by molar-refractivity contribution is 0.498. The number of hydrogen-bond donors (Lipinski definition) is 1. The molecule has 0 atom stereocenters. The van der Waals surface area contributed by atoms with Crippen molar-refractivity contribution in [2.45, 2.75) is 13.8 Å². The molecule has 5 heteroatoms. The molecule has 23 heavy (non-hydrogen) atoms. The summed E-state index contributed by atoms with van der Waals surface area (Å²) in [4.78, 5) is 4.21. The Labute approximate surface area is 133 Å². The zero-order chi connectivity index (χ0) is 17.0. The van der Waals surface area contributed by atoms with Crippen LogP contribution in [0.2, 0.25) is 0 Å². The van der Waals surface area contributed by atoms with Gasteiger partial charge in [-0.15, -0.1) is 0 Å². The molecule has 0 radical (unpaired) electrons. The smallest absolute Gasteiger partial charge is 0.156 e. The largest absolute Gasteiger partial charge is 0.512 e. The Kier molecular flexibility index (Phi) is 4.41. The summed E-state index contributed by atoms with van der Waals surface area (Å²) in [5.74, 6) is 0.0207. The third-order valence-corrected chi connectivity index (χ3v) is 3.37. The van der Waals surface area contributed by atoms with Crippen molar-refractivity contribution in [1.29, 1.82) is 15.8 Å². The number of rotatable bonds is 1. The van der Waals surface area contributed by atoms with Gasteiger partial charge in [0.2, 0.25) is 0 Å². The van der Waals surface area contributed by atoms with E-state index in [2.05, 4.69) is 4.98 Å². The lowest BCUT2D eigenvalue weighted by Crippen LogP contribution is -2.28. The molecule has 0 bridgehead atoms. The molecule has 1 heterocycles. The number of benzene rings is 1. The Morgan fingerprint density at radius 1 is 1.09 bits per heavy atom. The normalized spacial score (nSPS) is 10.9. The summed E-state index contributed by atoms with van der Waals surface area (Å²) in [6, 6.07) is 14.6. The minimum atomic E-state index is -0.232. The van der Waals surface area contributed by atoms with Crippen LogP contribution in [0.5, 0.6) is 0 Å². The van der Waals surface area contributed by atoms with E-state index in [0.717, 1.165) is 0 Å². The van der Waals surface area contributed by atoms with E-state index in [9.17, 15) is 10.4 Å². The second-order valence-corrected chi connectivity index (χ2v) is 4.83. The van der Waals surface area contributed by atoms with E-state index < -0.39 is 0 Å². The highest BCUT2D eigenvalue weighted by molar-refractivity contribution is 5.78. The van der Waals surface area contributed by atoms with Gasteiger partial charge in [0.1, 0.15) is 23.6 Å². The highest BCUT2D eigenvalue weighted by atomic mass is 16.3. The minimum Gasteiger partial charge on any atom is -0.512 e. The molecular weight excluding hydrogens is 288 g/mol. The molecule has 2 aromatic rings. The lowest BCUT2D eigenvalue weighted by atomic mass is 9.96. The number of aliphatic hydroxyl groups is 1. The molecule has 1 aromatic heterocycles. The van der Waals surface area contributed by atoms with Gasteiger partial charge in [0.05, 0.1) is 11.3 Å². The van der Waals surface area contributed by atoms with Crippen molar-refractivity contribution < 1.29 is 5.11 Å². The van der Waals surface area contributed by atoms with Crippen molar-refractivity contribution >= 4 is 11.3 Å². The van der Waals surface area contributed by atoms with Crippen LogP contribution >= 0.6 is 0 Å². The molecule has 110 valence electrons. The van der Waals surface area contributed by atoms with Gasteiger partial charge in [-0.25, -0.2) is 4.98 Å². The number of hydrogen-bond acceptors (Lipinski definition) is 5. The topological polar surface area (TPSA) is 104 Å². The fourth-order valence-electron chi connectivity index (χ4n) is 2.46. The van der Waals surface area contributed by atoms with Gasteiger partial charge in [-0.2, -0.15) is 15.8 Å². The molecule has 0 spiro atoms. The number of aromatic nitrogens is 1. The van der Waals surface area contributed by atoms with Crippen LogP contribution in [0, 0.1) is 40.9 Å². The molecule has 0 aliphatic carbocycles. The number of aryl methyl sites for hydroxylation is 1. The van der Waals surface area contributed by atoms with Crippen molar-refractivity contribution in [2.75, 3.05) is 0 Å². The molecule has 0 aliphatic rings. The summed E-state index contributed by atoms with van der Waals surface area (Å²) < 4.78 is 0. The molecular formula is C18H12N4O. The fraction of sp³-hybridized carbons (Fsp3) is 0.111. The van der Waals surface area contributed by atoms with Crippen molar-refractivity contribution in [3.63, 3.8) is 0 Å². The molecule has 0 unspecified atom stereocenters. The highest BCUT2D eigenvalue weighted by Gasteiger charge is 2.16. The Hall–Kier alpha value is -3.62. The molecule has 5 nitrogen and oxygen atoms in total. The molecule has 1 aromatic carbocycles. The summed E-state index contributed by atoms with van der Waals surface area (Å²) >= 11 is 0. The maximum atomic E-state index is 10.0. The summed E-state index contributed by atoms with van der Waals surface area (Å²) in [5.41, 5.74) is 1.49. The summed E-state index contributed by atoms with van der Waals surface area (Å²) in [5, 5.41) is 38.3. The maximum Gasteiger partial charge on any atom is 0.156 e. The second kappa shape index (κ2) is 6.43. The Morgan fingerprint density at radius 2 is 1.70 bits per heavy atom. The first-order chi connectivity index (χ1) is 11.0. The summed E-state index contributed by atoms with van der Waals surface area (Å²) in [6.07, 6.45) is 0. The van der Waals surface area contributed by atoms with Gasteiger partial charge >= 0.3 is 0 Å². The van der Waals surface area contributed by atoms with Crippen LogP contribution in [0.1, 0.15) is 18.2 Å². The molecule has 0 saturated carbocycles. The predicted molar refractivity (Wildman–Crippen MR) is 84.7 cm³/mol. The zero-order valence-electron chi connectivity index (χ0n) is 12.6. The second-order valence-electron chi connectivity index (χ2n) is 4.83. The van der Waals surface area contributed by atoms with Crippen LogP contribution in [0.3, 0.4) is 0 Å². The van der Waals surface area contributed by atoms with Crippen LogP contribution in [0.15, 0.2) is 30.3 Å². The van der Waals surface area contributed by atoms with Gasteiger partial charge in [0, 0.05) is 16.5 Å². The Bertz CT molecular complexity index is 996. The third-order valence-electron chi connectivity index (χ3n) is 3.37. The standard InChI is InChI=1S/C18H12N4O/c1-11-16(12(2)23)17(13-6-4-3-5-7-13)15(10-21)18(22-11)14(8-19)9-20/h3-7,23H,1-2H3/b16-12-. The van der Waals surface area contributed by atoms with Gasteiger partial charge in [0.25, 0.3) is 0 Å². The first-order valence-electron chi connectivity index (χ1n) is 6.75. The first kappa shape index (κ1) is 15.8. The average Bonchev–Trinajstić information content (AvgIpc) is 2.55. The van der Waals surface area contributed by atoms with Gasteiger partial charge in [-0.3, -0.25) is 0 Å². The van der Waals surface area contributed by atoms with Gasteiger partial charge < -0.3 is 5.11 Å². The van der Waals surface area contributed by atoms with Crippen molar-refractivity contribution in [3.05, 3.63) is 52.2 Å². The maximum absolute atomic E-state index is 10.0. The molecule has 0 aliphatic heterocycles. The molecule has 1 N–H and O–H groups in total. The van der Waals surface area contributed by atoms with Crippen LogP contribution in [0.4, 0.5) is 0 Å². The third kappa shape index (κ3) is 2.75. The minimum absolute atomic E-state index is 0.0207. The van der Waals surface area contributed by atoms with Crippen molar-refractivity contribution in [1.82, 2.24) is 4.98 Å². The summed E-state index contributed by atoms with van der Waals surface area (Å²) in [7, 11) is 0. The number of pyridine rings is 1. The Balaban J connectivity index is 3.23. The Morgan fingerprint density at radius 3 is 2.17 bits per heavy atom. The van der Waals surface area contributed by atoms with E-state index in [4.69, 9.17) is 10.5 Å². The number of aliphatic hydroxyl groups excluding tert-OH is 1. The van der Waals surface area contributed by atoms with Crippen molar-refractivity contribution in [2.24, 2.45) is 0 Å². The monoisotopic (exact) mass is 300 g/mol. The molecule has 0 saturated heterocycles. The fourth-order valence-corrected chi connectivity index (χ4v) is 2.46. The van der Waals surface area contributed by atoms with Gasteiger partial charge in [-0.1, -0.05) is 30.3 Å². The van der Waals surface area contributed by atoms with Crippen LogP contribution in [0.25, 0.3) is 22.5 Å². The predicted octanol–water partition coefficient (Wildman–Crippen LogP) is 1.81. The number of nitrogens with zero attached hydrogens (tertiary/aromatic N) is 4. The molecule has 2 rings (SSSR count). The number of nitriles is 3. The van der Waals surface area contributed by atoms with Crippen LogP contribution < -0.4 is 10.6 Å². The highest BCUT2D eigenvalue weighted by Crippen LogP contribution is 2.18. The SMILES string of the molecule is C/C(O)=c1\c(C)nc(=C(C#N)C#N)c(C#N)c1-c1ccccc1. The lowest BCUT2D eigenvalue weighted by Gasteiger charge is -2.10. The van der Waals surface area contributed by atoms with E-state index in [0.29, 0.717) is 22.0 Å². The van der Waals surface area contributed by atoms with E-state index in [1.807, 2.05) is 24.3 Å². The first-order valence-corrected chi connectivity index (χ1v) is 6.75. The van der Waals surface area contributed by atoms with Crippen LogP contribution in [-0.4, -0.2) is 10.1 Å². The van der Waals surface area contributed by atoms with E-state index >= 15 is 0 Å². The van der Waals surface area contributed by atoms with Crippen LogP contribution in [-0.2, 0) is 0 Å². The van der Waals surface area contributed by atoms with E-state index in [1.165, 1.54) is 6.92 Å². The molecule has 0 amide bonds. The quantitative estimate of drug-likeness (QED) is 0.864. The van der Waals surface area contributed by atoms with Crippen molar-refractivity contribution in [3.8, 4) is 29.3 Å². The summed E-state index contributed by atoms with van der Waals surface area (Å²) in [6.45, 7) is 3.18. The van der Waals surface area contributed by atoms with E-state index in [-0.39, 0.29) is 22.2 Å².